The van der Waals surface area contributed by atoms with Crippen LogP contribution in [-0.2, 0) is 14.8 Å². The third kappa shape index (κ3) is 4.87. The monoisotopic (exact) mass is 414 g/mol. The maximum Gasteiger partial charge on any atom is 0.243 e. The fourth-order valence-electron chi connectivity index (χ4n) is 4.02. The van der Waals surface area contributed by atoms with Crippen LogP contribution in [0.4, 0.5) is 0 Å². The van der Waals surface area contributed by atoms with Gasteiger partial charge in [-0.05, 0) is 56.4 Å². The Morgan fingerprint density at radius 2 is 1.90 bits per heavy atom. The van der Waals surface area contributed by atoms with Crippen LogP contribution in [0.3, 0.4) is 0 Å². The molecule has 0 aromatic heterocycles. The molecule has 1 N–H and O–H groups in total. The molecule has 0 unspecified atom stereocenters. The van der Waals surface area contributed by atoms with Gasteiger partial charge in [-0.2, -0.15) is 4.31 Å². The first kappa shape index (κ1) is 21.5. The summed E-state index contributed by atoms with van der Waals surface area (Å²) in [4.78, 5) is 13.3. The Hall–Kier alpha value is -2.18. The van der Waals surface area contributed by atoms with E-state index in [-0.39, 0.29) is 29.3 Å². The van der Waals surface area contributed by atoms with Crippen molar-refractivity contribution in [3.8, 4) is 0 Å². The van der Waals surface area contributed by atoms with Gasteiger partial charge < -0.3 is 5.32 Å². The molecule has 1 aliphatic heterocycles. The SMILES string of the molecule is CC[C@@H](NC(=O)[C@H]1CCCN(S(=O)(=O)c2ccccc2)C1)c1ccc(C)cc1C. The Balaban J connectivity index is 1.72. The predicted molar refractivity (Wildman–Crippen MR) is 115 cm³/mol. The Morgan fingerprint density at radius 3 is 2.55 bits per heavy atom. The maximum atomic E-state index is 13.0. The van der Waals surface area contributed by atoms with Crippen LogP contribution in [0.2, 0.25) is 0 Å². The minimum absolute atomic E-state index is 0.0650. The maximum absolute atomic E-state index is 13.0. The molecule has 1 aliphatic rings. The van der Waals surface area contributed by atoms with Crippen LogP contribution in [-0.4, -0.2) is 31.7 Å². The first-order valence-electron chi connectivity index (χ1n) is 10.3. The second-order valence-corrected chi connectivity index (χ2v) is 9.78. The number of aryl methyl sites for hydroxylation is 2. The number of benzene rings is 2. The molecule has 0 aliphatic carbocycles. The van der Waals surface area contributed by atoms with Crippen LogP contribution in [0.1, 0.15) is 48.9 Å². The fourth-order valence-corrected chi connectivity index (χ4v) is 5.57. The molecule has 156 valence electrons. The quantitative estimate of drug-likeness (QED) is 0.778. The molecule has 0 radical (unpaired) electrons. The molecule has 2 atom stereocenters. The van der Waals surface area contributed by atoms with Crippen molar-refractivity contribution in [3.05, 3.63) is 65.2 Å². The van der Waals surface area contributed by atoms with Gasteiger partial charge >= 0.3 is 0 Å². The summed E-state index contributed by atoms with van der Waals surface area (Å²) in [6, 6.07) is 14.6. The summed E-state index contributed by atoms with van der Waals surface area (Å²) in [5.41, 5.74) is 3.48. The molecule has 1 fully saturated rings. The number of carbonyl (C=O) groups is 1. The Labute approximate surface area is 174 Å². The van der Waals surface area contributed by atoms with E-state index in [2.05, 4.69) is 44.3 Å². The van der Waals surface area contributed by atoms with E-state index in [1.54, 1.807) is 30.3 Å². The third-order valence-corrected chi connectivity index (χ3v) is 7.54. The van der Waals surface area contributed by atoms with Crippen molar-refractivity contribution in [1.29, 1.82) is 0 Å². The van der Waals surface area contributed by atoms with Crippen LogP contribution in [0.25, 0.3) is 0 Å². The topological polar surface area (TPSA) is 66.5 Å². The lowest BCUT2D eigenvalue weighted by Crippen LogP contribution is -2.46. The molecule has 6 heteroatoms. The van der Waals surface area contributed by atoms with Crippen molar-refractivity contribution < 1.29 is 13.2 Å². The first-order valence-corrected chi connectivity index (χ1v) is 11.7. The van der Waals surface area contributed by atoms with Gasteiger partial charge in [-0.3, -0.25) is 4.79 Å². The first-order chi connectivity index (χ1) is 13.8. The second-order valence-electron chi connectivity index (χ2n) is 7.84. The number of carbonyl (C=O) groups excluding carboxylic acids is 1. The highest BCUT2D eigenvalue weighted by molar-refractivity contribution is 7.89. The summed E-state index contributed by atoms with van der Waals surface area (Å²) < 4.78 is 27.3. The van der Waals surface area contributed by atoms with Crippen LogP contribution >= 0.6 is 0 Å². The highest BCUT2D eigenvalue weighted by Gasteiger charge is 2.33. The van der Waals surface area contributed by atoms with Crippen molar-refractivity contribution >= 4 is 15.9 Å². The van der Waals surface area contributed by atoms with E-state index in [9.17, 15) is 13.2 Å². The van der Waals surface area contributed by atoms with Crippen molar-refractivity contribution in [2.75, 3.05) is 13.1 Å². The average Bonchev–Trinajstić information content (AvgIpc) is 2.73. The van der Waals surface area contributed by atoms with E-state index in [4.69, 9.17) is 0 Å². The number of nitrogens with zero attached hydrogens (tertiary/aromatic N) is 1. The van der Waals surface area contributed by atoms with Crippen molar-refractivity contribution in [3.63, 3.8) is 0 Å². The van der Waals surface area contributed by atoms with Gasteiger partial charge in [-0.1, -0.05) is 48.9 Å². The van der Waals surface area contributed by atoms with E-state index in [0.29, 0.717) is 19.4 Å². The second kappa shape index (κ2) is 9.09. The molecule has 0 bridgehead atoms. The van der Waals surface area contributed by atoms with Gasteiger partial charge in [0.25, 0.3) is 0 Å². The van der Waals surface area contributed by atoms with Crippen LogP contribution < -0.4 is 5.32 Å². The highest BCUT2D eigenvalue weighted by atomic mass is 32.2. The van der Waals surface area contributed by atoms with E-state index in [0.717, 1.165) is 17.5 Å². The zero-order valence-electron chi connectivity index (χ0n) is 17.4. The molecule has 5 nitrogen and oxygen atoms in total. The molecule has 0 saturated carbocycles. The minimum Gasteiger partial charge on any atom is -0.349 e. The van der Waals surface area contributed by atoms with Crippen LogP contribution in [0, 0.1) is 19.8 Å². The van der Waals surface area contributed by atoms with Gasteiger partial charge in [0.1, 0.15) is 0 Å². The third-order valence-electron chi connectivity index (χ3n) is 5.66. The minimum atomic E-state index is -3.57. The number of nitrogens with one attached hydrogen (secondary N) is 1. The van der Waals surface area contributed by atoms with Gasteiger partial charge in [0, 0.05) is 13.1 Å². The van der Waals surface area contributed by atoms with Gasteiger partial charge in [0.15, 0.2) is 0 Å². The van der Waals surface area contributed by atoms with Crippen molar-refractivity contribution in [2.45, 2.75) is 51.0 Å². The lowest BCUT2D eigenvalue weighted by molar-refractivity contribution is -0.126. The Morgan fingerprint density at radius 1 is 1.17 bits per heavy atom. The largest absolute Gasteiger partial charge is 0.349 e. The number of hydrogen-bond donors (Lipinski definition) is 1. The lowest BCUT2D eigenvalue weighted by atomic mass is 9.95. The molecule has 1 heterocycles. The summed E-state index contributed by atoms with van der Waals surface area (Å²) in [7, 11) is -3.57. The molecule has 2 aromatic carbocycles. The van der Waals surface area contributed by atoms with Gasteiger partial charge in [-0.15, -0.1) is 0 Å². The molecular weight excluding hydrogens is 384 g/mol. The fraction of sp³-hybridized carbons (Fsp3) is 0.435. The lowest BCUT2D eigenvalue weighted by Gasteiger charge is -2.32. The summed E-state index contributed by atoms with van der Waals surface area (Å²) in [5, 5.41) is 3.16. The molecule has 3 rings (SSSR count). The van der Waals surface area contributed by atoms with E-state index in [1.165, 1.54) is 9.87 Å². The number of amides is 1. The number of rotatable bonds is 6. The predicted octanol–water partition coefficient (Wildman–Crippen LogP) is 3.97. The van der Waals surface area contributed by atoms with Gasteiger partial charge in [-0.25, -0.2) is 8.42 Å². The number of piperidine rings is 1. The molecule has 2 aromatic rings. The molecule has 29 heavy (non-hydrogen) atoms. The van der Waals surface area contributed by atoms with Gasteiger partial charge in [0.2, 0.25) is 15.9 Å². The molecular formula is C23H30N2O3S. The Bertz CT molecular complexity index is 957. The average molecular weight is 415 g/mol. The molecule has 1 amide bonds. The van der Waals surface area contributed by atoms with E-state index < -0.39 is 10.0 Å². The van der Waals surface area contributed by atoms with Crippen molar-refractivity contribution in [1.82, 2.24) is 9.62 Å². The summed E-state index contributed by atoms with van der Waals surface area (Å²) in [6.45, 7) is 6.85. The van der Waals surface area contributed by atoms with E-state index in [1.807, 2.05) is 0 Å². The number of sulfonamides is 1. The van der Waals surface area contributed by atoms with Gasteiger partial charge in [0.05, 0.1) is 16.9 Å². The molecule has 1 saturated heterocycles. The van der Waals surface area contributed by atoms with Crippen LogP contribution in [0.15, 0.2) is 53.4 Å². The number of hydrogen-bond acceptors (Lipinski definition) is 3. The summed E-state index contributed by atoms with van der Waals surface area (Å²) in [6.07, 6.45) is 2.18. The van der Waals surface area contributed by atoms with Crippen molar-refractivity contribution in [2.24, 2.45) is 5.92 Å². The normalized spacial score (nSPS) is 18.9. The Kier molecular flexibility index (Phi) is 6.75. The zero-order chi connectivity index (χ0) is 21.0. The smallest absolute Gasteiger partial charge is 0.243 e. The van der Waals surface area contributed by atoms with E-state index >= 15 is 0 Å². The zero-order valence-corrected chi connectivity index (χ0v) is 18.2. The molecule has 0 spiro atoms. The highest BCUT2D eigenvalue weighted by Crippen LogP contribution is 2.26. The summed E-state index contributed by atoms with van der Waals surface area (Å²) in [5.74, 6) is -0.396. The van der Waals surface area contributed by atoms with Crippen LogP contribution in [0.5, 0.6) is 0 Å². The standard InChI is InChI=1S/C23H30N2O3S/c1-4-22(21-13-12-17(2)15-18(21)3)24-23(26)19-9-8-14-25(16-19)29(27,28)20-10-6-5-7-11-20/h5-7,10-13,15,19,22H,4,8-9,14,16H2,1-3H3,(H,24,26)/t19-,22+/m0/s1. The summed E-state index contributed by atoms with van der Waals surface area (Å²) >= 11 is 0.